The number of hydrogen-bond acceptors (Lipinski definition) is 3. The van der Waals surface area contributed by atoms with Crippen LogP contribution in [0.4, 0.5) is 0 Å². The summed E-state index contributed by atoms with van der Waals surface area (Å²) in [5.41, 5.74) is 6.03. The lowest BCUT2D eigenvalue weighted by Gasteiger charge is -2.39. The molecule has 2 atom stereocenters. The zero-order valence-corrected chi connectivity index (χ0v) is 13.4. The van der Waals surface area contributed by atoms with Crippen molar-refractivity contribution in [1.29, 1.82) is 0 Å². The van der Waals surface area contributed by atoms with E-state index in [0.717, 1.165) is 45.2 Å². The molecule has 2 unspecified atom stereocenters. The summed E-state index contributed by atoms with van der Waals surface area (Å²) < 4.78 is 0. The van der Waals surface area contributed by atoms with Crippen LogP contribution in [0.5, 0.6) is 0 Å². The molecule has 112 valence electrons. The number of nitrogens with two attached hydrogens (primary N) is 1. The van der Waals surface area contributed by atoms with E-state index in [2.05, 4.69) is 24.4 Å². The van der Waals surface area contributed by atoms with Gasteiger partial charge in [0.1, 0.15) is 0 Å². The maximum absolute atomic E-state index is 12.8. The Balaban J connectivity index is 1.97. The minimum atomic E-state index is -0.328. The Labute approximate surface area is 126 Å². The third-order valence-corrected chi connectivity index (χ3v) is 5.39. The molecule has 4 heteroatoms. The van der Waals surface area contributed by atoms with E-state index in [1.165, 1.54) is 4.88 Å². The molecule has 0 aromatic carbocycles. The van der Waals surface area contributed by atoms with Gasteiger partial charge in [-0.15, -0.1) is 11.3 Å². The van der Waals surface area contributed by atoms with Crippen LogP contribution in [0.2, 0.25) is 0 Å². The molecule has 1 aliphatic carbocycles. The molecule has 3 nitrogen and oxygen atoms in total. The minimum Gasteiger partial charge on any atom is -0.342 e. The van der Waals surface area contributed by atoms with Gasteiger partial charge in [-0.1, -0.05) is 18.9 Å². The van der Waals surface area contributed by atoms with Gasteiger partial charge in [-0.25, -0.2) is 0 Å². The van der Waals surface area contributed by atoms with Gasteiger partial charge in [0.25, 0.3) is 0 Å². The maximum atomic E-state index is 12.8. The molecule has 2 rings (SSSR count). The molecule has 1 fully saturated rings. The molecule has 20 heavy (non-hydrogen) atoms. The van der Waals surface area contributed by atoms with E-state index < -0.39 is 0 Å². The number of carbonyl (C=O) groups excluding carboxylic acids is 1. The third-order valence-electron chi connectivity index (χ3n) is 4.45. The van der Waals surface area contributed by atoms with E-state index in [0.29, 0.717) is 0 Å². The number of carbonyl (C=O) groups is 1. The molecule has 0 bridgehead atoms. The average Bonchev–Trinajstić information content (AvgIpc) is 2.92. The number of likely N-dealkylation sites (N-methyl/N-ethyl adjacent to an activating group) is 1. The molecule has 1 aromatic heterocycles. The highest BCUT2D eigenvalue weighted by Crippen LogP contribution is 2.33. The highest BCUT2D eigenvalue weighted by atomic mass is 32.1. The van der Waals surface area contributed by atoms with Crippen LogP contribution in [0, 0.1) is 5.92 Å². The van der Waals surface area contributed by atoms with Crippen molar-refractivity contribution in [1.82, 2.24) is 4.90 Å². The van der Waals surface area contributed by atoms with Crippen LogP contribution in [-0.2, 0) is 11.2 Å². The topological polar surface area (TPSA) is 46.3 Å². The van der Waals surface area contributed by atoms with Crippen molar-refractivity contribution in [3.05, 3.63) is 22.4 Å². The highest BCUT2D eigenvalue weighted by molar-refractivity contribution is 7.09. The van der Waals surface area contributed by atoms with Crippen LogP contribution in [0.25, 0.3) is 0 Å². The largest absolute Gasteiger partial charge is 0.342 e. The quantitative estimate of drug-likeness (QED) is 0.907. The van der Waals surface area contributed by atoms with E-state index >= 15 is 0 Å². The Morgan fingerprint density at radius 1 is 1.55 bits per heavy atom. The van der Waals surface area contributed by atoms with Gasteiger partial charge < -0.3 is 10.6 Å². The van der Waals surface area contributed by atoms with Gasteiger partial charge >= 0.3 is 0 Å². The van der Waals surface area contributed by atoms with Crippen molar-refractivity contribution < 1.29 is 4.79 Å². The molecule has 1 saturated carbocycles. The Morgan fingerprint density at radius 2 is 2.35 bits per heavy atom. The standard InChI is InChI=1S/C16H26N2OS/c1-3-18(11-9-13-7-6-12-20-13)15(19)14-8-4-5-10-16(14,2)17/h6-7,12,14H,3-5,8-11,17H2,1-2H3. The first-order valence-electron chi connectivity index (χ1n) is 7.64. The first kappa shape index (κ1) is 15.5. The summed E-state index contributed by atoms with van der Waals surface area (Å²) >= 11 is 1.76. The smallest absolute Gasteiger partial charge is 0.227 e. The first-order valence-corrected chi connectivity index (χ1v) is 8.52. The predicted octanol–water partition coefficient (Wildman–Crippen LogP) is 3.05. The number of hydrogen-bond donors (Lipinski definition) is 1. The lowest BCUT2D eigenvalue weighted by Crippen LogP contribution is -2.54. The summed E-state index contributed by atoms with van der Waals surface area (Å²) in [6.45, 7) is 5.68. The van der Waals surface area contributed by atoms with Gasteiger partial charge in [-0.3, -0.25) is 4.79 Å². The molecular weight excluding hydrogens is 268 g/mol. The van der Waals surface area contributed by atoms with Crippen LogP contribution >= 0.6 is 11.3 Å². The third kappa shape index (κ3) is 3.61. The summed E-state index contributed by atoms with van der Waals surface area (Å²) in [6, 6.07) is 4.20. The highest BCUT2D eigenvalue weighted by Gasteiger charge is 2.39. The second-order valence-electron chi connectivity index (χ2n) is 6.05. The van der Waals surface area contributed by atoms with Gasteiger partial charge in [-0.05, 0) is 44.6 Å². The normalized spacial score (nSPS) is 26.4. The van der Waals surface area contributed by atoms with Crippen LogP contribution in [0.3, 0.4) is 0 Å². The fourth-order valence-electron chi connectivity index (χ4n) is 3.11. The molecule has 1 heterocycles. The number of amides is 1. The van der Waals surface area contributed by atoms with E-state index in [9.17, 15) is 4.79 Å². The van der Waals surface area contributed by atoms with Gasteiger partial charge in [0.15, 0.2) is 0 Å². The van der Waals surface area contributed by atoms with E-state index in [4.69, 9.17) is 5.73 Å². The van der Waals surface area contributed by atoms with Crippen LogP contribution in [0.15, 0.2) is 17.5 Å². The van der Waals surface area contributed by atoms with Crippen molar-refractivity contribution in [3.8, 4) is 0 Å². The summed E-state index contributed by atoms with van der Waals surface area (Å²) in [4.78, 5) is 16.1. The summed E-state index contributed by atoms with van der Waals surface area (Å²) in [5.74, 6) is 0.258. The lowest BCUT2D eigenvalue weighted by molar-refractivity contribution is -0.138. The second-order valence-corrected chi connectivity index (χ2v) is 7.08. The number of nitrogens with zero attached hydrogens (tertiary/aromatic N) is 1. The molecule has 1 amide bonds. The van der Waals surface area contributed by atoms with E-state index in [1.807, 2.05) is 11.8 Å². The first-order chi connectivity index (χ1) is 9.54. The molecule has 0 aliphatic heterocycles. The molecule has 1 aliphatic rings. The van der Waals surface area contributed by atoms with Gasteiger partial charge in [0.05, 0.1) is 5.92 Å². The Bertz CT molecular complexity index is 428. The molecule has 0 spiro atoms. The Hall–Kier alpha value is -0.870. The molecule has 1 aromatic rings. The molecule has 2 N–H and O–H groups in total. The lowest BCUT2D eigenvalue weighted by atomic mass is 9.74. The molecule has 0 radical (unpaired) electrons. The van der Waals surface area contributed by atoms with Crippen molar-refractivity contribution in [2.45, 2.75) is 51.5 Å². The zero-order valence-electron chi connectivity index (χ0n) is 12.6. The van der Waals surface area contributed by atoms with E-state index in [-0.39, 0.29) is 17.4 Å². The Kier molecular flexibility index (Phi) is 5.22. The maximum Gasteiger partial charge on any atom is 0.227 e. The minimum absolute atomic E-state index is 0.000430. The fraction of sp³-hybridized carbons (Fsp3) is 0.688. The fourth-order valence-corrected chi connectivity index (χ4v) is 3.81. The predicted molar refractivity (Wildman–Crippen MR) is 84.8 cm³/mol. The van der Waals surface area contributed by atoms with Gasteiger partial charge in [0.2, 0.25) is 5.91 Å². The van der Waals surface area contributed by atoms with Crippen LogP contribution in [0.1, 0.15) is 44.4 Å². The van der Waals surface area contributed by atoms with Crippen molar-refractivity contribution in [2.75, 3.05) is 13.1 Å². The monoisotopic (exact) mass is 294 g/mol. The summed E-state index contributed by atoms with van der Waals surface area (Å²) in [5, 5.41) is 2.09. The van der Waals surface area contributed by atoms with Crippen LogP contribution < -0.4 is 5.73 Å². The summed E-state index contributed by atoms with van der Waals surface area (Å²) in [6.07, 6.45) is 5.14. The second kappa shape index (κ2) is 6.72. The van der Waals surface area contributed by atoms with Crippen molar-refractivity contribution in [2.24, 2.45) is 11.7 Å². The molecule has 0 saturated heterocycles. The Morgan fingerprint density at radius 3 is 2.95 bits per heavy atom. The van der Waals surface area contributed by atoms with Gasteiger partial charge in [-0.2, -0.15) is 0 Å². The zero-order chi connectivity index (χ0) is 14.6. The number of rotatable bonds is 5. The molecular formula is C16H26N2OS. The van der Waals surface area contributed by atoms with Crippen molar-refractivity contribution >= 4 is 17.2 Å². The van der Waals surface area contributed by atoms with Crippen LogP contribution in [-0.4, -0.2) is 29.4 Å². The SMILES string of the molecule is CCN(CCc1cccs1)C(=O)C1CCCCC1(C)N. The average molecular weight is 294 g/mol. The van der Waals surface area contributed by atoms with Crippen molar-refractivity contribution in [3.63, 3.8) is 0 Å². The number of thiophene rings is 1. The van der Waals surface area contributed by atoms with E-state index in [1.54, 1.807) is 11.3 Å². The summed E-state index contributed by atoms with van der Waals surface area (Å²) in [7, 11) is 0. The van der Waals surface area contributed by atoms with Gasteiger partial charge in [0, 0.05) is 23.5 Å².